The van der Waals surface area contributed by atoms with Crippen LogP contribution in [0.2, 0.25) is 0 Å². The number of sulfonamides is 1. The van der Waals surface area contributed by atoms with Gasteiger partial charge >= 0.3 is 6.03 Å². The minimum atomic E-state index is -3.73. The number of nitriles is 1. The third-order valence-corrected chi connectivity index (χ3v) is 6.42. The molecule has 1 aromatic rings. The Morgan fingerprint density at radius 2 is 1.80 bits per heavy atom. The Hall–Kier alpha value is -2.11. The first-order valence-corrected chi connectivity index (χ1v) is 9.92. The Labute approximate surface area is 149 Å². The quantitative estimate of drug-likeness (QED) is 0.861. The Bertz CT molecular complexity index is 745. The molecule has 1 fully saturated rings. The first-order valence-electron chi connectivity index (χ1n) is 8.48. The van der Waals surface area contributed by atoms with E-state index in [-0.39, 0.29) is 35.6 Å². The van der Waals surface area contributed by atoms with Crippen molar-refractivity contribution in [3.63, 3.8) is 0 Å². The van der Waals surface area contributed by atoms with E-state index in [9.17, 15) is 13.2 Å². The molecule has 1 aromatic carbocycles. The largest absolute Gasteiger partial charge is 0.335 e. The van der Waals surface area contributed by atoms with E-state index in [4.69, 9.17) is 5.26 Å². The average molecular weight is 364 g/mol. The zero-order valence-electron chi connectivity index (χ0n) is 14.6. The number of piperazine rings is 1. The molecule has 0 aliphatic carbocycles. The maximum Gasteiger partial charge on any atom is 0.317 e. The summed E-state index contributed by atoms with van der Waals surface area (Å²) in [6.45, 7) is 5.15. The number of carbonyl (C=O) groups excluding carboxylic acids is 1. The number of nitrogens with zero attached hydrogens (tertiary/aromatic N) is 3. The molecule has 0 unspecified atom stereocenters. The normalized spacial score (nSPS) is 15.8. The summed E-state index contributed by atoms with van der Waals surface area (Å²) >= 11 is 0. The molecule has 7 nitrogen and oxygen atoms in total. The minimum Gasteiger partial charge on any atom is -0.335 e. The summed E-state index contributed by atoms with van der Waals surface area (Å²) in [5, 5.41) is 12.1. The van der Waals surface area contributed by atoms with Crippen molar-refractivity contribution in [2.45, 2.75) is 37.6 Å². The van der Waals surface area contributed by atoms with Gasteiger partial charge in [0.15, 0.2) is 0 Å². The molecule has 0 saturated carbocycles. The third kappa shape index (κ3) is 4.30. The zero-order chi connectivity index (χ0) is 18.4. The lowest BCUT2D eigenvalue weighted by atomic mass is 10.2. The molecule has 0 radical (unpaired) electrons. The van der Waals surface area contributed by atoms with Gasteiger partial charge < -0.3 is 10.2 Å². The Morgan fingerprint density at radius 3 is 2.36 bits per heavy atom. The standard InChI is InChI=1S/C17H24N4O3S/c1-3-15(4-2)19-17(22)20-9-11-21(12-10-20)25(23,24)16-8-6-5-7-14(16)13-18/h5-8,15H,3-4,9-12H2,1-2H3,(H,19,22). The van der Waals surface area contributed by atoms with E-state index in [2.05, 4.69) is 5.32 Å². The molecular weight excluding hydrogens is 340 g/mol. The smallest absolute Gasteiger partial charge is 0.317 e. The molecule has 0 spiro atoms. The van der Waals surface area contributed by atoms with Crippen molar-refractivity contribution in [3.8, 4) is 6.07 Å². The molecule has 0 aromatic heterocycles. The van der Waals surface area contributed by atoms with Gasteiger partial charge in [-0.25, -0.2) is 13.2 Å². The van der Waals surface area contributed by atoms with Crippen LogP contribution in [0.15, 0.2) is 29.2 Å². The summed E-state index contributed by atoms with van der Waals surface area (Å²) in [6.07, 6.45) is 1.73. The third-order valence-electron chi connectivity index (χ3n) is 4.46. The van der Waals surface area contributed by atoms with Gasteiger partial charge in [-0.15, -0.1) is 0 Å². The second-order valence-electron chi connectivity index (χ2n) is 5.96. The summed E-state index contributed by atoms with van der Waals surface area (Å²) in [5.41, 5.74) is 0.136. The fraction of sp³-hybridized carbons (Fsp3) is 0.529. The average Bonchev–Trinajstić information content (AvgIpc) is 2.65. The van der Waals surface area contributed by atoms with Crippen LogP contribution in [-0.4, -0.2) is 55.9 Å². The van der Waals surface area contributed by atoms with Crippen molar-refractivity contribution in [2.24, 2.45) is 0 Å². The van der Waals surface area contributed by atoms with Gasteiger partial charge in [-0.1, -0.05) is 26.0 Å². The molecule has 1 heterocycles. The topological polar surface area (TPSA) is 93.5 Å². The predicted molar refractivity (Wildman–Crippen MR) is 94.4 cm³/mol. The van der Waals surface area contributed by atoms with Crippen molar-refractivity contribution >= 4 is 16.1 Å². The molecule has 1 aliphatic heterocycles. The van der Waals surface area contributed by atoms with Gasteiger partial charge in [0.2, 0.25) is 10.0 Å². The first kappa shape index (κ1) is 19.2. The van der Waals surface area contributed by atoms with Crippen LogP contribution in [0.25, 0.3) is 0 Å². The lowest BCUT2D eigenvalue weighted by Gasteiger charge is -2.34. The highest BCUT2D eigenvalue weighted by molar-refractivity contribution is 7.89. The lowest BCUT2D eigenvalue weighted by Crippen LogP contribution is -2.54. The van der Waals surface area contributed by atoms with Crippen LogP contribution >= 0.6 is 0 Å². The van der Waals surface area contributed by atoms with E-state index in [1.54, 1.807) is 17.0 Å². The molecule has 8 heteroatoms. The Morgan fingerprint density at radius 1 is 1.20 bits per heavy atom. The molecular formula is C17H24N4O3S. The number of benzene rings is 1. The van der Waals surface area contributed by atoms with Crippen molar-refractivity contribution in [1.29, 1.82) is 5.26 Å². The second kappa shape index (κ2) is 8.32. The first-order chi connectivity index (χ1) is 11.9. The molecule has 1 aliphatic rings. The van der Waals surface area contributed by atoms with Crippen LogP contribution in [0.4, 0.5) is 4.79 Å². The van der Waals surface area contributed by atoms with E-state index in [0.717, 1.165) is 12.8 Å². The van der Waals surface area contributed by atoms with E-state index in [1.165, 1.54) is 16.4 Å². The highest BCUT2D eigenvalue weighted by Crippen LogP contribution is 2.21. The van der Waals surface area contributed by atoms with Gasteiger partial charge in [-0.2, -0.15) is 9.57 Å². The number of rotatable bonds is 5. The number of urea groups is 1. The maximum absolute atomic E-state index is 12.8. The van der Waals surface area contributed by atoms with Crippen LogP contribution in [0, 0.1) is 11.3 Å². The highest BCUT2D eigenvalue weighted by atomic mass is 32.2. The van der Waals surface area contributed by atoms with Crippen molar-refractivity contribution in [3.05, 3.63) is 29.8 Å². The number of hydrogen-bond donors (Lipinski definition) is 1. The molecule has 0 atom stereocenters. The monoisotopic (exact) mass is 364 g/mol. The Kier molecular flexibility index (Phi) is 6.39. The lowest BCUT2D eigenvalue weighted by molar-refractivity contribution is 0.168. The number of amides is 2. The number of hydrogen-bond acceptors (Lipinski definition) is 4. The highest BCUT2D eigenvalue weighted by Gasteiger charge is 2.31. The summed E-state index contributed by atoms with van der Waals surface area (Å²) in [5.74, 6) is 0. The van der Waals surface area contributed by atoms with E-state index in [1.807, 2.05) is 19.9 Å². The SMILES string of the molecule is CCC(CC)NC(=O)N1CCN(S(=O)(=O)c2ccccc2C#N)CC1. The van der Waals surface area contributed by atoms with Crippen LogP contribution < -0.4 is 5.32 Å². The van der Waals surface area contributed by atoms with Gasteiger partial charge in [0.25, 0.3) is 0 Å². The van der Waals surface area contributed by atoms with Crippen LogP contribution in [-0.2, 0) is 10.0 Å². The van der Waals surface area contributed by atoms with E-state index < -0.39 is 10.0 Å². The van der Waals surface area contributed by atoms with Gasteiger partial charge in [0.1, 0.15) is 6.07 Å². The molecule has 1 N–H and O–H groups in total. The minimum absolute atomic E-state index is 0.0208. The van der Waals surface area contributed by atoms with Crippen molar-refractivity contribution in [2.75, 3.05) is 26.2 Å². The zero-order valence-corrected chi connectivity index (χ0v) is 15.4. The van der Waals surface area contributed by atoms with Crippen molar-refractivity contribution in [1.82, 2.24) is 14.5 Å². The molecule has 2 rings (SSSR count). The van der Waals surface area contributed by atoms with E-state index in [0.29, 0.717) is 13.1 Å². The van der Waals surface area contributed by atoms with Crippen LogP contribution in [0.5, 0.6) is 0 Å². The molecule has 2 amide bonds. The fourth-order valence-corrected chi connectivity index (χ4v) is 4.38. The van der Waals surface area contributed by atoms with Gasteiger partial charge in [-0.3, -0.25) is 0 Å². The van der Waals surface area contributed by atoms with Gasteiger partial charge in [-0.05, 0) is 25.0 Å². The number of carbonyl (C=O) groups is 1. The molecule has 25 heavy (non-hydrogen) atoms. The number of nitrogens with one attached hydrogen (secondary N) is 1. The van der Waals surface area contributed by atoms with Crippen LogP contribution in [0.1, 0.15) is 32.3 Å². The second-order valence-corrected chi connectivity index (χ2v) is 7.87. The summed E-state index contributed by atoms with van der Waals surface area (Å²) < 4.78 is 26.9. The predicted octanol–water partition coefficient (Wildman–Crippen LogP) is 1.76. The van der Waals surface area contributed by atoms with Gasteiger partial charge in [0, 0.05) is 32.2 Å². The molecule has 1 saturated heterocycles. The molecule has 0 bridgehead atoms. The van der Waals surface area contributed by atoms with Crippen LogP contribution in [0.3, 0.4) is 0 Å². The summed E-state index contributed by atoms with van der Waals surface area (Å²) in [7, 11) is -3.73. The van der Waals surface area contributed by atoms with Crippen molar-refractivity contribution < 1.29 is 13.2 Å². The Balaban J connectivity index is 2.04. The fourth-order valence-electron chi connectivity index (χ4n) is 2.81. The maximum atomic E-state index is 12.8. The summed E-state index contributed by atoms with van der Waals surface area (Å²) in [4.78, 5) is 13.9. The van der Waals surface area contributed by atoms with E-state index >= 15 is 0 Å². The summed E-state index contributed by atoms with van der Waals surface area (Å²) in [6, 6.07) is 8.09. The van der Waals surface area contributed by atoms with Gasteiger partial charge in [0.05, 0.1) is 10.5 Å². The molecule has 136 valence electrons.